The first-order chi connectivity index (χ1) is 6.97. The molecule has 6 heteroatoms. The summed E-state index contributed by atoms with van der Waals surface area (Å²) in [6.45, 7) is -0.214. The maximum absolute atomic E-state index is 13.0. The van der Waals surface area contributed by atoms with Crippen LogP contribution in [0.1, 0.15) is 11.7 Å². The van der Waals surface area contributed by atoms with Gasteiger partial charge < -0.3 is 21.7 Å². The van der Waals surface area contributed by atoms with Crippen molar-refractivity contribution in [2.75, 3.05) is 12.3 Å². The van der Waals surface area contributed by atoms with E-state index in [4.69, 9.17) is 11.5 Å². The van der Waals surface area contributed by atoms with Gasteiger partial charge >= 0.3 is 0 Å². The Morgan fingerprint density at radius 2 is 1.67 bits per heavy atom. The van der Waals surface area contributed by atoms with Gasteiger partial charge in [-0.3, -0.25) is 0 Å². The molecule has 2 atom stereocenters. The molecule has 0 aliphatic carbocycles. The lowest BCUT2D eigenvalue weighted by Gasteiger charge is -2.16. The minimum absolute atomic E-state index is 0.0999. The molecule has 0 spiro atoms. The number of hydrogen-bond donors (Lipinski definition) is 4. The van der Waals surface area contributed by atoms with Gasteiger partial charge in [-0.1, -0.05) is 0 Å². The first-order valence-corrected chi connectivity index (χ1v) is 4.28. The van der Waals surface area contributed by atoms with Crippen molar-refractivity contribution in [1.82, 2.24) is 0 Å². The van der Waals surface area contributed by atoms with Crippen molar-refractivity contribution in [2.24, 2.45) is 5.73 Å². The van der Waals surface area contributed by atoms with Crippen LogP contribution in [-0.4, -0.2) is 22.9 Å². The van der Waals surface area contributed by atoms with Crippen molar-refractivity contribution in [3.8, 4) is 0 Å². The monoisotopic (exact) mass is 218 g/mol. The average Bonchev–Trinajstić information content (AvgIpc) is 2.23. The van der Waals surface area contributed by atoms with Gasteiger partial charge in [-0.05, 0) is 17.7 Å². The third-order valence-corrected chi connectivity index (χ3v) is 2.05. The molecule has 0 radical (unpaired) electrons. The second kappa shape index (κ2) is 4.52. The second-order valence-electron chi connectivity index (χ2n) is 3.15. The first kappa shape index (κ1) is 11.8. The van der Waals surface area contributed by atoms with Crippen molar-refractivity contribution in [2.45, 2.75) is 12.2 Å². The van der Waals surface area contributed by atoms with Crippen molar-refractivity contribution >= 4 is 5.69 Å². The molecule has 4 nitrogen and oxygen atoms in total. The molecule has 2 unspecified atom stereocenters. The molecule has 0 aromatic heterocycles. The molecule has 0 fully saturated rings. The van der Waals surface area contributed by atoms with Crippen LogP contribution < -0.4 is 11.5 Å². The summed E-state index contributed by atoms with van der Waals surface area (Å²) in [6, 6.07) is 1.73. The van der Waals surface area contributed by atoms with Gasteiger partial charge in [0.2, 0.25) is 0 Å². The quantitative estimate of drug-likeness (QED) is 0.533. The summed E-state index contributed by atoms with van der Waals surface area (Å²) >= 11 is 0. The summed E-state index contributed by atoms with van der Waals surface area (Å²) in [5.74, 6) is -1.96. The van der Waals surface area contributed by atoms with E-state index >= 15 is 0 Å². The van der Waals surface area contributed by atoms with Crippen molar-refractivity contribution < 1.29 is 19.0 Å². The predicted octanol–water partition coefficient (Wildman–Crippen LogP) is -0.1000. The molecule has 1 aromatic carbocycles. The fourth-order valence-electron chi connectivity index (χ4n) is 1.13. The van der Waals surface area contributed by atoms with Crippen molar-refractivity contribution in [3.63, 3.8) is 0 Å². The highest BCUT2D eigenvalue weighted by molar-refractivity contribution is 5.43. The van der Waals surface area contributed by atoms with E-state index in [-0.39, 0.29) is 12.1 Å². The smallest absolute Gasteiger partial charge is 0.149 e. The van der Waals surface area contributed by atoms with E-state index in [1.807, 2.05) is 0 Å². The number of nitrogens with two attached hydrogens (primary N) is 2. The van der Waals surface area contributed by atoms with Crippen LogP contribution in [0.2, 0.25) is 0 Å². The molecular formula is C9H12F2N2O2. The van der Waals surface area contributed by atoms with E-state index < -0.39 is 29.5 Å². The Labute approximate surface area is 85.1 Å². The number of aliphatic hydroxyl groups excluding tert-OH is 2. The Kier molecular flexibility index (Phi) is 3.57. The lowest BCUT2D eigenvalue weighted by molar-refractivity contribution is 0.0240. The fraction of sp³-hybridized carbons (Fsp3) is 0.333. The van der Waals surface area contributed by atoms with Crippen LogP contribution in [0, 0.1) is 11.6 Å². The Hall–Kier alpha value is -1.24. The van der Waals surface area contributed by atoms with Gasteiger partial charge in [0.15, 0.2) is 0 Å². The highest BCUT2D eigenvalue weighted by atomic mass is 19.1. The summed E-state index contributed by atoms with van der Waals surface area (Å²) in [5, 5.41) is 18.6. The topological polar surface area (TPSA) is 92.5 Å². The zero-order valence-electron chi connectivity index (χ0n) is 7.82. The van der Waals surface area contributed by atoms with Gasteiger partial charge in [-0.25, -0.2) is 8.78 Å². The molecule has 0 aliphatic rings. The van der Waals surface area contributed by atoms with E-state index in [1.54, 1.807) is 0 Å². The van der Waals surface area contributed by atoms with Gasteiger partial charge in [-0.2, -0.15) is 0 Å². The maximum Gasteiger partial charge on any atom is 0.149 e. The number of hydrogen-bond acceptors (Lipinski definition) is 4. The molecule has 0 heterocycles. The zero-order valence-corrected chi connectivity index (χ0v) is 7.82. The zero-order chi connectivity index (χ0) is 11.6. The van der Waals surface area contributed by atoms with Crippen LogP contribution in [-0.2, 0) is 0 Å². The molecular weight excluding hydrogens is 206 g/mol. The molecule has 0 amide bonds. The second-order valence-corrected chi connectivity index (χ2v) is 3.15. The van der Waals surface area contributed by atoms with Crippen LogP contribution in [0.5, 0.6) is 0 Å². The number of nitrogen functional groups attached to an aromatic ring is 1. The minimum Gasteiger partial charge on any atom is -0.394 e. The largest absolute Gasteiger partial charge is 0.394 e. The Morgan fingerprint density at radius 1 is 1.20 bits per heavy atom. The molecule has 0 saturated heterocycles. The fourth-order valence-corrected chi connectivity index (χ4v) is 1.13. The molecule has 84 valence electrons. The highest BCUT2D eigenvalue weighted by Crippen LogP contribution is 2.23. The maximum atomic E-state index is 13.0. The van der Waals surface area contributed by atoms with Gasteiger partial charge in [-0.15, -0.1) is 0 Å². The predicted molar refractivity (Wildman–Crippen MR) is 50.8 cm³/mol. The van der Waals surface area contributed by atoms with E-state index in [0.29, 0.717) is 0 Å². The first-order valence-electron chi connectivity index (χ1n) is 4.28. The number of anilines is 1. The molecule has 0 bridgehead atoms. The number of halogens is 2. The molecule has 0 aliphatic heterocycles. The number of aliphatic hydroxyl groups is 2. The summed E-state index contributed by atoms with van der Waals surface area (Å²) in [4.78, 5) is 0. The number of rotatable bonds is 3. The van der Waals surface area contributed by atoms with E-state index in [9.17, 15) is 19.0 Å². The van der Waals surface area contributed by atoms with Crippen LogP contribution in [0.15, 0.2) is 12.1 Å². The van der Waals surface area contributed by atoms with Crippen molar-refractivity contribution in [1.29, 1.82) is 0 Å². The third kappa shape index (κ3) is 2.41. The third-order valence-electron chi connectivity index (χ3n) is 2.05. The number of benzene rings is 1. The van der Waals surface area contributed by atoms with Crippen LogP contribution in [0.3, 0.4) is 0 Å². The molecule has 1 aromatic rings. The van der Waals surface area contributed by atoms with E-state index in [1.165, 1.54) is 0 Å². The van der Waals surface area contributed by atoms with Gasteiger partial charge in [0.05, 0.1) is 6.10 Å². The molecule has 6 N–H and O–H groups in total. The van der Waals surface area contributed by atoms with Crippen LogP contribution in [0.4, 0.5) is 14.5 Å². The van der Waals surface area contributed by atoms with Gasteiger partial charge in [0, 0.05) is 6.54 Å². The Bertz CT molecular complexity index is 337. The van der Waals surface area contributed by atoms with E-state index in [0.717, 1.165) is 12.1 Å². The summed E-state index contributed by atoms with van der Waals surface area (Å²) < 4.78 is 26.0. The standard InChI is InChI=1S/C9H12F2N2O2/c10-5-1-4(2-6(11)8(5)13)9(15)7(14)3-12/h1-2,7,9,14-15H,3,12-13H2. The lowest BCUT2D eigenvalue weighted by Crippen LogP contribution is -2.27. The highest BCUT2D eigenvalue weighted by Gasteiger charge is 2.19. The summed E-state index contributed by atoms with van der Waals surface area (Å²) in [6.07, 6.45) is -2.70. The normalized spacial score (nSPS) is 15.0. The van der Waals surface area contributed by atoms with Crippen LogP contribution >= 0.6 is 0 Å². The SMILES string of the molecule is NCC(O)C(O)c1cc(F)c(N)c(F)c1. The Morgan fingerprint density at radius 3 is 2.07 bits per heavy atom. The lowest BCUT2D eigenvalue weighted by atomic mass is 10.0. The molecule has 0 saturated carbocycles. The molecule has 1 rings (SSSR count). The van der Waals surface area contributed by atoms with Crippen LogP contribution in [0.25, 0.3) is 0 Å². The van der Waals surface area contributed by atoms with Gasteiger partial charge in [0.25, 0.3) is 0 Å². The summed E-state index contributed by atoms with van der Waals surface area (Å²) in [7, 11) is 0. The summed E-state index contributed by atoms with van der Waals surface area (Å²) in [5.41, 5.74) is 9.42. The Balaban J connectivity index is 3.06. The molecule has 15 heavy (non-hydrogen) atoms. The minimum atomic E-state index is -1.43. The van der Waals surface area contributed by atoms with Gasteiger partial charge in [0.1, 0.15) is 23.4 Å². The van der Waals surface area contributed by atoms with E-state index in [2.05, 4.69) is 0 Å². The average molecular weight is 218 g/mol. The van der Waals surface area contributed by atoms with Crippen molar-refractivity contribution in [3.05, 3.63) is 29.3 Å².